The SMILES string of the molecule is O=C(CCc1ccccc1)N1CCN(Cc2ccc(Cl)c(Cl)c2)CC1. The minimum Gasteiger partial charge on any atom is -0.340 e. The molecule has 0 radical (unpaired) electrons. The van der Waals surface area contributed by atoms with Crippen LogP contribution in [0.2, 0.25) is 10.0 Å². The zero-order valence-corrected chi connectivity index (χ0v) is 15.6. The van der Waals surface area contributed by atoms with Crippen molar-refractivity contribution in [2.24, 2.45) is 0 Å². The van der Waals surface area contributed by atoms with Gasteiger partial charge in [-0.3, -0.25) is 9.69 Å². The van der Waals surface area contributed by atoms with E-state index in [0.717, 1.165) is 44.7 Å². The van der Waals surface area contributed by atoms with Crippen molar-refractivity contribution < 1.29 is 4.79 Å². The highest BCUT2D eigenvalue weighted by Crippen LogP contribution is 2.23. The normalized spacial score (nSPS) is 15.4. The maximum atomic E-state index is 12.4. The van der Waals surface area contributed by atoms with Gasteiger partial charge in [-0.05, 0) is 29.7 Å². The largest absolute Gasteiger partial charge is 0.340 e. The molecule has 1 aliphatic rings. The summed E-state index contributed by atoms with van der Waals surface area (Å²) in [6.07, 6.45) is 1.39. The number of benzene rings is 2. The highest BCUT2D eigenvalue weighted by molar-refractivity contribution is 6.42. The molecule has 0 bridgehead atoms. The van der Waals surface area contributed by atoms with Crippen molar-refractivity contribution in [3.8, 4) is 0 Å². The van der Waals surface area contributed by atoms with Crippen LogP contribution in [0.1, 0.15) is 17.5 Å². The molecule has 1 amide bonds. The average Bonchev–Trinajstić information content (AvgIpc) is 2.64. The van der Waals surface area contributed by atoms with Gasteiger partial charge in [0.1, 0.15) is 0 Å². The first-order valence-corrected chi connectivity index (χ1v) is 9.35. The second-order valence-electron chi connectivity index (χ2n) is 6.39. The summed E-state index contributed by atoms with van der Waals surface area (Å²) in [5.74, 6) is 0.248. The first-order chi connectivity index (χ1) is 12.1. The van der Waals surface area contributed by atoms with Crippen molar-refractivity contribution in [1.82, 2.24) is 9.80 Å². The molecule has 0 saturated carbocycles. The first kappa shape index (κ1) is 18.2. The average molecular weight is 377 g/mol. The van der Waals surface area contributed by atoms with Crippen molar-refractivity contribution in [3.63, 3.8) is 0 Å². The van der Waals surface area contributed by atoms with Crippen LogP contribution in [-0.2, 0) is 17.8 Å². The van der Waals surface area contributed by atoms with E-state index in [1.807, 2.05) is 41.3 Å². The van der Waals surface area contributed by atoms with Gasteiger partial charge in [0.25, 0.3) is 0 Å². The molecule has 1 heterocycles. The van der Waals surface area contributed by atoms with Gasteiger partial charge < -0.3 is 4.90 Å². The Balaban J connectivity index is 1.44. The van der Waals surface area contributed by atoms with Gasteiger partial charge in [0.05, 0.1) is 10.0 Å². The molecule has 0 unspecified atom stereocenters. The van der Waals surface area contributed by atoms with Crippen LogP contribution >= 0.6 is 23.2 Å². The first-order valence-electron chi connectivity index (χ1n) is 8.60. The van der Waals surface area contributed by atoms with Gasteiger partial charge in [-0.15, -0.1) is 0 Å². The maximum Gasteiger partial charge on any atom is 0.222 e. The maximum absolute atomic E-state index is 12.4. The third-order valence-corrected chi connectivity index (χ3v) is 5.32. The number of halogens is 2. The fourth-order valence-electron chi connectivity index (χ4n) is 3.11. The summed E-state index contributed by atoms with van der Waals surface area (Å²) in [7, 11) is 0. The summed E-state index contributed by atoms with van der Waals surface area (Å²) >= 11 is 12.0. The van der Waals surface area contributed by atoms with Crippen LogP contribution in [0, 0.1) is 0 Å². The molecular formula is C20H22Cl2N2O. The minimum atomic E-state index is 0.248. The number of nitrogens with zero attached hydrogens (tertiary/aromatic N) is 2. The van der Waals surface area contributed by atoms with Crippen LogP contribution in [-0.4, -0.2) is 41.9 Å². The van der Waals surface area contributed by atoms with Gasteiger partial charge in [-0.25, -0.2) is 0 Å². The van der Waals surface area contributed by atoms with E-state index in [4.69, 9.17) is 23.2 Å². The Morgan fingerprint density at radius 1 is 0.880 bits per heavy atom. The molecule has 0 aliphatic carbocycles. The molecule has 1 aliphatic heterocycles. The molecule has 3 rings (SSSR count). The highest BCUT2D eigenvalue weighted by atomic mass is 35.5. The fourth-order valence-corrected chi connectivity index (χ4v) is 3.43. The smallest absolute Gasteiger partial charge is 0.222 e. The number of carbonyl (C=O) groups is 1. The zero-order valence-electron chi connectivity index (χ0n) is 14.1. The molecule has 1 fully saturated rings. The van der Waals surface area contributed by atoms with Gasteiger partial charge in [-0.2, -0.15) is 0 Å². The van der Waals surface area contributed by atoms with Crippen molar-refractivity contribution in [2.45, 2.75) is 19.4 Å². The summed E-state index contributed by atoms with van der Waals surface area (Å²) in [6, 6.07) is 15.9. The van der Waals surface area contributed by atoms with Gasteiger partial charge in [0.2, 0.25) is 5.91 Å². The Morgan fingerprint density at radius 3 is 2.28 bits per heavy atom. The van der Waals surface area contributed by atoms with E-state index < -0.39 is 0 Å². The Hall–Kier alpha value is -1.55. The lowest BCUT2D eigenvalue weighted by atomic mass is 10.1. The molecule has 0 N–H and O–H groups in total. The third kappa shape index (κ3) is 5.21. The van der Waals surface area contributed by atoms with E-state index in [-0.39, 0.29) is 5.91 Å². The van der Waals surface area contributed by atoms with E-state index in [1.54, 1.807) is 0 Å². The molecular weight excluding hydrogens is 355 g/mol. The quantitative estimate of drug-likeness (QED) is 0.777. The van der Waals surface area contributed by atoms with E-state index >= 15 is 0 Å². The lowest BCUT2D eigenvalue weighted by Crippen LogP contribution is -2.48. The van der Waals surface area contributed by atoms with Crippen molar-refractivity contribution >= 4 is 29.1 Å². The van der Waals surface area contributed by atoms with Crippen LogP contribution in [0.3, 0.4) is 0 Å². The minimum absolute atomic E-state index is 0.248. The summed E-state index contributed by atoms with van der Waals surface area (Å²) in [5, 5.41) is 1.17. The van der Waals surface area contributed by atoms with Gasteiger partial charge in [0.15, 0.2) is 0 Å². The highest BCUT2D eigenvalue weighted by Gasteiger charge is 2.21. The summed E-state index contributed by atoms with van der Waals surface area (Å²) in [4.78, 5) is 16.7. The number of aryl methyl sites for hydroxylation is 1. The lowest BCUT2D eigenvalue weighted by Gasteiger charge is -2.35. The Bertz CT molecular complexity index is 713. The Morgan fingerprint density at radius 2 is 1.60 bits per heavy atom. The predicted molar refractivity (Wildman–Crippen MR) is 103 cm³/mol. The Kier molecular flexibility index (Phi) is 6.35. The molecule has 0 atom stereocenters. The van der Waals surface area contributed by atoms with Crippen molar-refractivity contribution in [3.05, 3.63) is 69.7 Å². The fraction of sp³-hybridized carbons (Fsp3) is 0.350. The molecule has 2 aromatic rings. The van der Waals surface area contributed by atoms with Crippen molar-refractivity contribution in [2.75, 3.05) is 26.2 Å². The van der Waals surface area contributed by atoms with Crippen LogP contribution < -0.4 is 0 Å². The number of hydrogen-bond acceptors (Lipinski definition) is 2. The monoisotopic (exact) mass is 376 g/mol. The topological polar surface area (TPSA) is 23.6 Å². The standard InChI is InChI=1S/C20H22Cl2N2O/c21-18-8-6-17(14-19(18)22)15-23-10-12-24(13-11-23)20(25)9-7-16-4-2-1-3-5-16/h1-6,8,14H,7,9-13,15H2. The molecule has 0 spiro atoms. The number of amides is 1. The molecule has 132 valence electrons. The van der Waals surface area contributed by atoms with Crippen LogP contribution in [0.5, 0.6) is 0 Å². The molecule has 5 heteroatoms. The Labute approximate surface area is 159 Å². The zero-order chi connectivity index (χ0) is 17.6. The van der Waals surface area contributed by atoms with Gasteiger partial charge in [-0.1, -0.05) is 59.6 Å². The van der Waals surface area contributed by atoms with E-state index in [2.05, 4.69) is 17.0 Å². The number of carbonyl (C=O) groups excluding carboxylic acids is 1. The summed E-state index contributed by atoms with van der Waals surface area (Å²) in [6.45, 7) is 4.18. The van der Waals surface area contributed by atoms with Crippen LogP contribution in [0.25, 0.3) is 0 Å². The van der Waals surface area contributed by atoms with E-state index in [1.165, 1.54) is 5.56 Å². The second-order valence-corrected chi connectivity index (χ2v) is 7.21. The van der Waals surface area contributed by atoms with E-state index in [9.17, 15) is 4.79 Å². The predicted octanol–water partition coefficient (Wildman–Crippen LogP) is 4.27. The molecule has 2 aromatic carbocycles. The molecule has 1 saturated heterocycles. The number of piperazine rings is 1. The lowest BCUT2D eigenvalue weighted by molar-refractivity contribution is -0.133. The van der Waals surface area contributed by atoms with Gasteiger partial charge in [0, 0.05) is 39.1 Å². The molecule has 25 heavy (non-hydrogen) atoms. The van der Waals surface area contributed by atoms with Gasteiger partial charge >= 0.3 is 0 Å². The molecule has 0 aromatic heterocycles. The summed E-state index contributed by atoms with van der Waals surface area (Å²) < 4.78 is 0. The number of rotatable bonds is 5. The third-order valence-electron chi connectivity index (χ3n) is 4.59. The second kappa shape index (κ2) is 8.70. The van der Waals surface area contributed by atoms with E-state index in [0.29, 0.717) is 16.5 Å². The number of hydrogen-bond donors (Lipinski definition) is 0. The van der Waals surface area contributed by atoms with Crippen LogP contribution in [0.4, 0.5) is 0 Å². The molecule has 3 nitrogen and oxygen atoms in total. The van der Waals surface area contributed by atoms with Crippen molar-refractivity contribution in [1.29, 1.82) is 0 Å². The van der Waals surface area contributed by atoms with Crippen LogP contribution in [0.15, 0.2) is 48.5 Å². The summed E-state index contributed by atoms with van der Waals surface area (Å²) in [5.41, 5.74) is 2.37.